The molecule has 120 valence electrons. The molecule has 0 saturated carbocycles. The van der Waals surface area contributed by atoms with Crippen LogP contribution in [-0.4, -0.2) is 18.4 Å². The highest BCUT2D eigenvalue weighted by Gasteiger charge is 2.10. The monoisotopic (exact) mass is 331 g/mol. The van der Waals surface area contributed by atoms with Crippen molar-refractivity contribution in [2.75, 3.05) is 6.54 Å². The van der Waals surface area contributed by atoms with Gasteiger partial charge in [0.1, 0.15) is 5.75 Å². The molecule has 0 unspecified atom stereocenters. The summed E-state index contributed by atoms with van der Waals surface area (Å²) in [5.41, 5.74) is 1.56. The Hall–Kier alpha value is -2.33. The maximum atomic E-state index is 11.9. The van der Waals surface area contributed by atoms with Gasteiger partial charge in [-0.1, -0.05) is 42.8 Å². The van der Waals surface area contributed by atoms with Crippen LogP contribution in [0.3, 0.4) is 0 Å². The summed E-state index contributed by atoms with van der Waals surface area (Å²) in [6.07, 6.45) is 1.02. The second-order valence-electron chi connectivity index (χ2n) is 4.96. The molecular formula is C18H18ClNO3. The Bertz CT molecular complexity index is 683. The van der Waals surface area contributed by atoms with Crippen molar-refractivity contribution >= 4 is 23.5 Å². The molecule has 0 spiro atoms. The Morgan fingerprint density at radius 1 is 1.09 bits per heavy atom. The van der Waals surface area contributed by atoms with Crippen LogP contribution < -0.4 is 10.1 Å². The summed E-state index contributed by atoms with van der Waals surface area (Å²) >= 11 is 5.94. The molecule has 4 nitrogen and oxygen atoms in total. The van der Waals surface area contributed by atoms with Crippen LogP contribution in [0.5, 0.6) is 5.75 Å². The molecule has 0 aliphatic carbocycles. The molecule has 0 fully saturated rings. The zero-order chi connectivity index (χ0) is 16.7. The van der Waals surface area contributed by atoms with Gasteiger partial charge in [0, 0.05) is 6.54 Å². The summed E-state index contributed by atoms with van der Waals surface area (Å²) in [4.78, 5) is 23.7. The Morgan fingerprint density at radius 2 is 1.78 bits per heavy atom. The first-order valence-electron chi connectivity index (χ1n) is 7.42. The lowest BCUT2D eigenvalue weighted by Crippen LogP contribution is -2.27. The number of aryl methyl sites for hydroxylation is 1. The van der Waals surface area contributed by atoms with Crippen LogP contribution in [0, 0.1) is 0 Å². The summed E-state index contributed by atoms with van der Waals surface area (Å²) in [5.74, 6) is -0.200. The van der Waals surface area contributed by atoms with Crippen LogP contribution in [0.15, 0.2) is 48.5 Å². The van der Waals surface area contributed by atoms with E-state index in [-0.39, 0.29) is 18.9 Å². The van der Waals surface area contributed by atoms with E-state index in [0.717, 1.165) is 6.42 Å². The molecule has 1 N–H and O–H groups in total. The molecule has 2 aromatic rings. The molecule has 23 heavy (non-hydrogen) atoms. The number of ether oxygens (including phenoxy) is 1. The predicted octanol–water partition coefficient (Wildman–Crippen LogP) is 3.63. The van der Waals surface area contributed by atoms with Crippen molar-refractivity contribution in [1.29, 1.82) is 0 Å². The van der Waals surface area contributed by atoms with Crippen molar-refractivity contribution in [2.45, 2.75) is 19.8 Å². The van der Waals surface area contributed by atoms with E-state index in [4.69, 9.17) is 16.3 Å². The first-order chi connectivity index (χ1) is 11.1. The summed E-state index contributed by atoms with van der Waals surface area (Å²) in [6, 6.07) is 14.1. The zero-order valence-corrected chi connectivity index (χ0v) is 13.6. The number of nitrogens with one attached hydrogen (secondary N) is 1. The SMILES string of the molecule is CCc1ccc(OC(=O)CCNC(=O)c2ccccc2Cl)cc1. The van der Waals surface area contributed by atoms with Crippen LogP contribution >= 0.6 is 11.6 Å². The average molecular weight is 332 g/mol. The van der Waals surface area contributed by atoms with E-state index in [1.165, 1.54) is 5.56 Å². The van der Waals surface area contributed by atoms with Crippen LogP contribution in [0.25, 0.3) is 0 Å². The fourth-order valence-corrected chi connectivity index (χ4v) is 2.22. The Kier molecular flexibility index (Phi) is 6.18. The minimum absolute atomic E-state index is 0.0890. The molecule has 0 heterocycles. The molecule has 0 saturated heterocycles. The van der Waals surface area contributed by atoms with E-state index in [1.54, 1.807) is 36.4 Å². The lowest BCUT2D eigenvalue weighted by Gasteiger charge is -2.07. The third kappa shape index (κ3) is 5.11. The van der Waals surface area contributed by atoms with Gasteiger partial charge in [-0.25, -0.2) is 0 Å². The molecule has 0 aliphatic heterocycles. The van der Waals surface area contributed by atoms with Gasteiger partial charge in [0.25, 0.3) is 5.91 Å². The maximum Gasteiger partial charge on any atom is 0.312 e. The third-order valence-corrected chi connectivity index (χ3v) is 3.63. The first-order valence-corrected chi connectivity index (χ1v) is 7.80. The number of esters is 1. The van der Waals surface area contributed by atoms with Gasteiger partial charge in [0.2, 0.25) is 0 Å². The van der Waals surface area contributed by atoms with Gasteiger partial charge in [-0.15, -0.1) is 0 Å². The number of amides is 1. The van der Waals surface area contributed by atoms with Crippen molar-refractivity contribution in [3.05, 3.63) is 64.7 Å². The molecule has 2 aromatic carbocycles. The smallest absolute Gasteiger partial charge is 0.312 e. The largest absolute Gasteiger partial charge is 0.426 e. The third-order valence-electron chi connectivity index (χ3n) is 3.30. The van der Waals surface area contributed by atoms with Gasteiger partial charge in [0.15, 0.2) is 0 Å². The average Bonchev–Trinajstić information content (AvgIpc) is 2.56. The van der Waals surface area contributed by atoms with Gasteiger partial charge in [-0.2, -0.15) is 0 Å². The van der Waals surface area contributed by atoms with Crippen molar-refractivity contribution in [3.8, 4) is 5.75 Å². The van der Waals surface area contributed by atoms with Gasteiger partial charge in [-0.05, 0) is 36.2 Å². The predicted molar refractivity (Wildman–Crippen MR) is 89.9 cm³/mol. The molecule has 0 bridgehead atoms. The number of hydrogen-bond acceptors (Lipinski definition) is 3. The van der Waals surface area contributed by atoms with Gasteiger partial charge >= 0.3 is 5.97 Å². The van der Waals surface area contributed by atoms with Crippen molar-refractivity contribution in [2.24, 2.45) is 0 Å². The number of carbonyl (C=O) groups excluding carboxylic acids is 2. The van der Waals surface area contributed by atoms with Crippen LogP contribution in [0.1, 0.15) is 29.3 Å². The molecule has 0 atom stereocenters. The minimum atomic E-state index is -0.395. The van der Waals surface area contributed by atoms with E-state index in [2.05, 4.69) is 12.2 Å². The lowest BCUT2D eigenvalue weighted by atomic mass is 10.2. The molecule has 1 amide bonds. The van der Waals surface area contributed by atoms with Gasteiger partial charge < -0.3 is 10.1 Å². The van der Waals surface area contributed by atoms with E-state index in [9.17, 15) is 9.59 Å². The first kappa shape index (κ1) is 17.0. The number of rotatable bonds is 6. The summed E-state index contributed by atoms with van der Waals surface area (Å²) in [6.45, 7) is 2.25. The highest BCUT2D eigenvalue weighted by Crippen LogP contribution is 2.15. The number of hydrogen-bond donors (Lipinski definition) is 1. The highest BCUT2D eigenvalue weighted by atomic mass is 35.5. The normalized spacial score (nSPS) is 10.2. The van der Waals surface area contributed by atoms with Gasteiger partial charge in [0.05, 0.1) is 17.0 Å². The van der Waals surface area contributed by atoms with E-state index in [0.29, 0.717) is 16.3 Å². The lowest BCUT2D eigenvalue weighted by molar-refractivity contribution is -0.134. The molecule has 5 heteroatoms. The highest BCUT2D eigenvalue weighted by molar-refractivity contribution is 6.33. The fourth-order valence-electron chi connectivity index (χ4n) is 1.99. The maximum absolute atomic E-state index is 11.9. The van der Waals surface area contributed by atoms with Gasteiger partial charge in [-0.3, -0.25) is 9.59 Å². The number of halogens is 1. The van der Waals surface area contributed by atoms with Crippen LogP contribution in [0.2, 0.25) is 5.02 Å². The molecular weight excluding hydrogens is 314 g/mol. The minimum Gasteiger partial charge on any atom is -0.426 e. The Balaban J connectivity index is 1.78. The quantitative estimate of drug-likeness (QED) is 0.649. The van der Waals surface area contributed by atoms with Crippen molar-refractivity contribution in [3.63, 3.8) is 0 Å². The van der Waals surface area contributed by atoms with E-state index in [1.807, 2.05) is 12.1 Å². The second-order valence-corrected chi connectivity index (χ2v) is 5.36. The molecule has 0 aromatic heterocycles. The molecule has 0 aliphatic rings. The zero-order valence-electron chi connectivity index (χ0n) is 12.8. The standard InChI is InChI=1S/C18H18ClNO3/c1-2-13-7-9-14(10-8-13)23-17(21)11-12-20-18(22)15-5-3-4-6-16(15)19/h3-10H,2,11-12H2,1H3,(H,20,22). The van der Waals surface area contributed by atoms with Crippen molar-refractivity contribution in [1.82, 2.24) is 5.32 Å². The Labute approximate surface area is 140 Å². The number of benzene rings is 2. The van der Waals surface area contributed by atoms with Crippen LogP contribution in [0.4, 0.5) is 0 Å². The van der Waals surface area contributed by atoms with Crippen LogP contribution in [-0.2, 0) is 11.2 Å². The van der Waals surface area contributed by atoms with E-state index < -0.39 is 5.97 Å². The second kappa shape index (κ2) is 8.34. The van der Waals surface area contributed by atoms with Crippen molar-refractivity contribution < 1.29 is 14.3 Å². The molecule has 0 radical (unpaired) electrons. The fraction of sp³-hybridized carbons (Fsp3) is 0.222. The topological polar surface area (TPSA) is 55.4 Å². The summed E-state index contributed by atoms with van der Waals surface area (Å²) in [7, 11) is 0. The number of carbonyl (C=O) groups is 2. The summed E-state index contributed by atoms with van der Waals surface area (Å²) in [5, 5.41) is 3.03. The Morgan fingerprint density at radius 3 is 2.43 bits per heavy atom. The summed E-state index contributed by atoms with van der Waals surface area (Å²) < 4.78 is 5.21. The molecule has 2 rings (SSSR count). The van der Waals surface area contributed by atoms with E-state index >= 15 is 0 Å².